The molecule has 0 bridgehead atoms. The van der Waals surface area contributed by atoms with Crippen LogP contribution in [0.5, 0.6) is 0 Å². The van der Waals surface area contributed by atoms with E-state index in [-0.39, 0.29) is 5.91 Å². The fourth-order valence-corrected chi connectivity index (χ4v) is 3.57. The first-order chi connectivity index (χ1) is 10.3. The van der Waals surface area contributed by atoms with Crippen molar-refractivity contribution in [2.24, 2.45) is 0 Å². The number of hydrogen-bond donors (Lipinski definition) is 1. The van der Waals surface area contributed by atoms with Crippen LogP contribution in [0.25, 0.3) is 10.2 Å². The Morgan fingerprint density at radius 3 is 2.76 bits per heavy atom. The summed E-state index contributed by atoms with van der Waals surface area (Å²) in [6.07, 6.45) is 0. The van der Waals surface area contributed by atoms with E-state index in [1.165, 1.54) is 4.70 Å². The normalized spacial score (nSPS) is 16.3. The smallest absolute Gasteiger partial charge is 0.234 e. The Morgan fingerprint density at radius 1 is 1.29 bits per heavy atom. The summed E-state index contributed by atoms with van der Waals surface area (Å²) in [6, 6.07) is 8.24. The number of amides is 1. The Morgan fingerprint density at radius 2 is 2.05 bits per heavy atom. The Balaban J connectivity index is 1.59. The maximum Gasteiger partial charge on any atom is 0.234 e. The third-order valence-corrected chi connectivity index (χ3v) is 4.76. The molecular formula is C15H20N4OS. The molecule has 0 aliphatic carbocycles. The van der Waals surface area contributed by atoms with Gasteiger partial charge in [-0.3, -0.25) is 9.69 Å². The monoisotopic (exact) mass is 304 g/mol. The summed E-state index contributed by atoms with van der Waals surface area (Å²) < 4.78 is 1.23. The van der Waals surface area contributed by atoms with E-state index in [0.29, 0.717) is 13.1 Å². The molecule has 1 saturated heterocycles. The van der Waals surface area contributed by atoms with E-state index >= 15 is 0 Å². The van der Waals surface area contributed by atoms with Crippen LogP contribution in [-0.4, -0.2) is 55.1 Å². The van der Waals surface area contributed by atoms with Gasteiger partial charge >= 0.3 is 0 Å². The summed E-state index contributed by atoms with van der Waals surface area (Å²) >= 11 is 1.74. The van der Waals surface area contributed by atoms with Crippen molar-refractivity contribution in [3.8, 4) is 0 Å². The number of likely N-dealkylation sites (N-methyl/N-ethyl adjacent to an activating group) is 1. The van der Waals surface area contributed by atoms with Gasteiger partial charge in [0.1, 0.15) is 0 Å². The molecule has 0 radical (unpaired) electrons. The van der Waals surface area contributed by atoms with Crippen molar-refractivity contribution in [2.75, 3.05) is 44.2 Å². The van der Waals surface area contributed by atoms with E-state index in [2.05, 4.69) is 33.3 Å². The molecule has 112 valence electrons. The Kier molecular flexibility index (Phi) is 4.36. The lowest BCUT2D eigenvalue weighted by atomic mass is 10.3. The van der Waals surface area contributed by atoms with Gasteiger partial charge in [0.2, 0.25) is 5.91 Å². The molecular weight excluding hydrogens is 284 g/mol. The molecule has 0 saturated carbocycles. The first-order valence-electron chi connectivity index (χ1n) is 7.36. The molecule has 2 aromatic rings. The van der Waals surface area contributed by atoms with Crippen LogP contribution in [0.4, 0.5) is 5.13 Å². The highest BCUT2D eigenvalue weighted by Crippen LogP contribution is 2.28. The van der Waals surface area contributed by atoms with Crippen LogP contribution >= 0.6 is 11.3 Å². The van der Waals surface area contributed by atoms with E-state index in [4.69, 9.17) is 4.98 Å². The second-order valence-electron chi connectivity index (χ2n) is 5.18. The molecule has 1 aliphatic rings. The minimum absolute atomic E-state index is 0.117. The van der Waals surface area contributed by atoms with Gasteiger partial charge in [-0.25, -0.2) is 4.98 Å². The van der Waals surface area contributed by atoms with Gasteiger partial charge in [0.25, 0.3) is 0 Å². The summed E-state index contributed by atoms with van der Waals surface area (Å²) in [5.74, 6) is 0.117. The van der Waals surface area contributed by atoms with Gasteiger partial charge in [0, 0.05) is 32.7 Å². The van der Waals surface area contributed by atoms with E-state index in [9.17, 15) is 4.79 Å². The molecule has 0 unspecified atom stereocenters. The van der Waals surface area contributed by atoms with Crippen molar-refractivity contribution in [1.29, 1.82) is 0 Å². The van der Waals surface area contributed by atoms with Crippen molar-refractivity contribution < 1.29 is 4.79 Å². The number of aromatic nitrogens is 1. The summed E-state index contributed by atoms with van der Waals surface area (Å²) in [5.41, 5.74) is 1.07. The summed E-state index contributed by atoms with van der Waals surface area (Å²) in [4.78, 5) is 20.8. The van der Waals surface area contributed by atoms with Gasteiger partial charge in [0.15, 0.2) is 5.13 Å². The average Bonchev–Trinajstić information content (AvgIpc) is 2.92. The van der Waals surface area contributed by atoms with Crippen LogP contribution in [0.1, 0.15) is 6.92 Å². The SMILES string of the molecule is CCNC(=O)CN1CCN(c2nc3ccccc3s2)CC1. The van der Waals surface area contributed by atoms with E-state index in [1.807, 2.05) is 13.0 Å². The van der Waals surface area contributed by atoms with Crippen LogP contribution in [0, 0.1) is 0 Å². The minimum Gasteiger partial charge on any atom is -0.355 e. The van der Waals surface area contributed by atoms with Gasteiger partial charge in [-0.1, -0.05) is 23.5 Å². The molecule has 1 N–H and O–H groups in total. The predicted molar refractivity (Wildman–Crippen MR) is 87.0 cm³/mol. The summed E-state index contributed by atoms with van der Waals surface area (Å²) in [5, 5.41) is 3.94. The molecule has 0 atom stereocenters. The number of piperazine rings is 1. The molecule has 2 heterocycles. The lowest BCUT2D eigenvalue weighted by molar-refractivity contribution is -0.122. The van der Waals surface area contributed by atoms with Crippen molar-refractivity contribution in [2.45, 2.75) is 6.92 Å². The molecule has 1 aliphatic heterocycles. The number of carbonyl (C=O) groups is 1. The zero-order valence-corrected chi connectivity index (χ0v) is 13.0. The van der Waals surface area contributed by atoms with Crippen LogP contribution in [-0.2, 0) is 4.79 Å². The van der Waals surface area contributed by atoms with Crippen LogP contribution in [0.3, 0.4) is 0 Å². The van der Waals surface area contributed by atoms with Gasteiger partial charge in [0.05, 0.1) is 16.8 Å². The third kappa shape index (κ3) is 3.33. The fourth-order valence-electron chi connectivity index (χ4n) is 2.55. The standard InChI is InChI=1S/C15H20N4OS/c1-2-16-14(20)11-18-7-9-19(10-8-18)15-17-12-5-3-4-6-13(12)21-15/h3-6H,2,7-11H2,1H3,(H,16,20). The molecule has 3 rings (SSSR count). The lowest BCUT2D eigenvalue weighted by Crippen LogP contribution is -2.49. The number of hydrogen-bond acceptors (Lipinski definition) is 5. The zero-order valence-electron chi connectivity index (χ0n) is 12.2. The fraction of sp³-hybridized carbons (Fsp3) is 0.467. The number of nitrogens with one attached hydrogen (secondary N) is 1. The Hall–Kier alpha value is -1.66. The van der Waals surface area contributed by atoms with Gasteiger partial charge < -0.3 is 10.2 Å². The van der Waals surface area contributed by atoms with Crippen LogP contribution < -0.4 is 10.2 Å². The molecule has 0 spiro atoms. The highest BCUT2D eigenvalue weighted by Gasteiger charge is 2.20. The predicted octanol–water partition coefficient (Wildman–Crippen LogP) is 1.55. The maximum absolute atomic E-state index is 11.6. The van der Waals surface area contributed by atoms with Crippen molar-refractivity contribution in [3.63, 3.8) is 0 Å². The topological polar surface area (TPSA) is 48.5 Å². The number of carbonyl (C=O) groups excluding carboxylic acids is 1. The van der Waals surface area contributed by atoms with Gasteiger partial charge in [-0.05, 0) is 19.1 Å². The summed E-state index contributed by atoms with van der Waals surface area (Å²) in [6.45, 7) is 6.83. The van der Waals surface area contributed by atoms with Crippen molar-refractivity contribution >= 4 is 32.6 Å². The maximum atomic E-state index is 11.6. The van der Waals surface area contributed by atoms with Crippen LogP contribution in [0.2, 0.25) is 0 Å². The Labute approximate surface area is 128 Å². The largest absolute Gasteiger partial charge is 0.355 e. The third-order valence-electron chi connectivity index (χ3n) is 3.67. The van der Waals surface area contributed by atoms with Crippen LogP contribution in [0.15, 0.2) is 24.3 Å². The number of benzene rings is 1. The number of thiazole rings is 1. The highest BCUT2D eigenvalue weighted by atomic mass is 32.1. The molecule has 1 fully saturated rings. The number of nitrogens with zero attached hydrogens (tertiary/aromatic N) is 3. The van der Waals surface area contributed by atoms with E-state index in [1.54, 1.807) is 11.3 Å². The van der Waals surface area contributed by atoms with E-state index in [0.717, 1.165) is 36.8 Å². The first-order valence-corrected chi connectivity index (χ1v) is 8.17. The molecule has 1 amide bonds. The number of rotatable bonds is 4. The minimum atomic E-state index is 0.117. The van der Waals surface area contributed by atoms with Crippen molar-refractivity contribution in [1.82, 2.24) is 15.2 Å². The average molecular weight is 304 g/mol. The molecule has 6 heteroatoms. The zero-order chi connectivity index (χ0) is 14.7. The number of fused-ring (bicyclic) bond motifs is 1. The molecule has 1 aromatic carbocycles. The number of para-hydroxylation sites is 1. The first kappa shape index (κ1) is 14.3. The molecule has 21 heavy (non-hydrogen) atoms. The lowest BCUT2D eigenvalue weighted by Gasteiger charge is -2.34. The second-order valence-corrected chi connectivity index (χ2v) is 6.19. The summed E-state index contributed by atoms with van der Waals surface area (Å²) in [7, 11) is 0. The quantitative estimate of drug-likeness (QED) is 0.931. The molecule has 5 nitrogen and oxygen atoms in total. The molecule has 1 aromatic heterocycles. The van der Waals surface area contributed by atoms with Crippen molar-refractivity contribution in [3.05, 3.63) is 24.3 Å². The second kappa shape index (κ2) is 6.41. The number of anilines is 1. The van der Waals surface area contributed by atoms with E-state index < -0.39 is 0 Å². The Bertz CT molecular complexity index is 586. The van der Waals surface area contributed by atoms with Gasteiger partial charge in [-0.2, -0.15) is 0 Å². The highest BCUT2D eigenvalue weighted by molar-refractivity contribution is 7.22. The van der Waals surface area contributed by atoms with Gasteiger partial charge in [-0.15, -0.1) is 0 Å².